The van der Waals surface area contributed by atoms with Gasteiger partial charge in [0.2, 0.25) is 0 Å². The number of nitrogens with one attached hydrogen (secondary N) is 1. The zero-order chi connectivity index (χ0) is 12.8. The van der Waals surface area contributed by atoms with Crippen LogP contribution in [-0.2, 0) is 0 Å². The third-order valence-corrected chi connectivity index (χ3v) is 3.79. The maximum atomic E-state index is 12.1. The lowest BCUT2D eigenvalue weighted by Gasteiger charge is -2.15. The molecule has 0 radical (unpaired) electrons. The van der Waals surface area contributed by atoms with Gasteiger partial charge < -0.3 is 5.32 Å². The maximum absolute atomic E-state index is 12.1. The number of rotatable bonds is 5. The van der Waals surface area contributed by atoms with E-state index in [2.05, 4.69) is 19.2 Å². The minimum absolute atomic E-state index is 0.0837. The lowest BCUT2D eigenvalue weighted by Crippen LogP contribution is -2.33. The Hall–Kier alpha value is -0.670. The van der Waals surface area contributed by atoms with E-state index in [4.69, 9.17) is 11.6 Å². The molecule has 2 nitrogen and oxygen atoms in total. The second kappa shape index (κ2) is 6.92. The van der Waals surface area contributed by atoms with Gasteiger partial charge in [0.25, 0.3) is 5.91 Å². The Morgan fingerprint density at radius 3 is 2.59 bits per heavy atom. The maximum Gasteiger partial charge on any atom is 0.253 e. The van der Waals surface area contributed by atoms with Crippen LogP contribution in [0.2, 0.25) is 5.02 Å². The minimum atomic E-state index is -0.0837. The smallest absolute Gasteiger partial charge is 0.253 e. The summed E-state index contributed by atoms with van der Waals surface area (Å²) in [5.41, 5.74) is 0.561. The molecule has 17 heavy (non-hydrogen) atoms. The molecule has 0 heterocycles. The fourth-order valence-corrected chi connectivity index (χ4v) is 2.20. The van der Waals surface area contributed by atoms with Crippen LogP contribution in [0.4, 0.5) is 0 Å². The number of amides is 1. The molecular weight excluding hydrogens is 254 g/mol. The standard InChI is InChI=1S/C13H18ClNOS/c1-4-9(5-2)15-13(16)11-8-10(17-3)6-7-12(11)14/h6-9H,4-5H2,1-3H3,(H,15,16). The van der Waals surface area contributed by atoms with Gasteiger partial charge in [-0.3, -0.25) is 4.79 Å². The van der Waals surface area contributed by atoms with Gasteiger partial charge in [-0.2, -0.15) is 0 Å². The van der Waals surface area contributed by atoms with Crippen molar-refractivity contribution in [3.8, 4) is 0 Å². The van der Waals surface area contributed by atoms with Gasteiger partial charge in [0.1, 0.15) is 0 Å². The van der Waals surface area contributed by atoms with Crippen molar-refractivity contribution in [1.82, 2.24) is 5.32 Å². The van der Waals surface area contributed by atoms with Gasteiger partial charge in [-0.25, -0.2) is 0 Å². The average molecular weight is 272 g/mol. The molecule has 94 valence electrons. The zero-order valence-electron chi connectivity index (χ0n) is 10.4. The molecule has 0 aliphatic rings. The van der Waals surface area contributed by atoms with E-state index >= 15 is 0 Å². The van der Waals surface area contributed by atoms with E-state index in [1.165, 1.54) is 0 Å². The van der Waals surface area contributed by atoms with Crippen LogP contribution in [0.3, 0.4) is 0 Å². The number of benzene rings is 1. The Kier molecular flexibility index (Phi) is 5.86. The fraction of sp³-hybridized carbons (Fsp3) is 0.462. The highest BCUT2D eigenvalue weighted by atomic mass is 35.5. The van der Waals surface area contributed by atoms with Crippen LogP contribution in [0.15, 0.2) is 23.1 Å². The minimum Gasteiger partial charge on any atom is -0.349 e. The quantitative estimate of drug-likeness (QED) is 0.821. The van der Waals surface area contributed by atoms with Gasteiger partial charge in [0.15, 0.2) is 0 Å². The van der Waals surface area contributed by atoms with Crippen molar-refractivity contribution in [2.75, 3.05) is 6.26 Å². The number of carbonyl (C=O) groups excluding carboxylic acids is 1. The van der Waals surface area contributed by atoms with Gasteiger partial charge in [0.05, 0.1) is 10.6 Å². The third kappa shape index (κ3) is 3.93. The molecule has 1 N–H and O–H groups in total. The van der Waals surface area contributed by atoms with Crippen molar-refractivity contribution in [1.29, 1.82) is 0 Å². The van der Waals surface area contributed by atoms with Gasteiger partial charge in [-0.05, 0) is 37.3 Å². The first-order valence-corrected chi connectivity index (χ1v) is 7.37. The number of hydrogen-bond acceptors (Lipinski definition) is 2. The lowest BCUT2D eigenvalue weighted by atomic mass is 10.1. The SMILES string of the molecule is CCC(CC)NC(=O)c1cc(SC)ccc1Cl. The molecule has 0 aliphatic carbocycles. The molecule has 0 aromatic heterocycles. The Morgan fingerprint density at radius 2 is 2.06 bits per heavy atom. The van der Waals surface area contributed by atoms with Crippen LogP contribution in [-0.4, -0.2) is 18.2 Å². The normalized spacial score (nSPS) is 10.6. The highest BCUT2D eigenvalue weighted by Crippen LogP contribution is 2.23. The summed E-state index contributed by atoms with van der Waals surface area (Å²) in [5.74, 6) is -0.0837. The second-order valence-corrected chi connectivity index (χ2v) is 5.12. The zero-order valence-corrected chi connectivity index (χ0v) is 12.0. The molecule has 0 unspecified atom stereocenters. The van der Waals surface area contributed by atoms with Crippen LogP contribution < -0.4 is 5.32 Å². The largest absolute Gasteiger partial charge is 0.349 e. The van der Waals surface area contributed by atoms with E-state index in [0.717, 1.165) is 17.7 Å². The second-order valence-electron chi connectivity index (χ2n) is 3.83. The average Bonchev–Trinajstić information content (AvgIpc) is 2.36. The molecule has 0 atom stereocenters. The topological polar surface area (TPSA) is 29.1 Å². The van der Waals surface area contributed by atoms with E-state index in [-0.39, 0.29) is 11.9 Å². The molecule has 0 aliphatic heterocycles. The number of carbonyl (C=O) groups is 1. The summed E-state index contributed by atoms with van der Waals surface area (Å²) < 4.78 is 0. The molecule has 0 saturated carbocycles. The van der Waals surface area contributed by atoms with E-state index in [1.54, 1.807) is 17.8 Å². The van der Waals surface area contributed by atoms with Gasteiger partial charge in [-0.1, -0.05) is 25.4 Å². The summed E-state index contributed by atoms with van der Waals surface area (Å²) in [5, 5.41) is 3.50. The van der Waals surface area contributed by atoms with Crippen LogP contribution in [0.25, 0.3) is 0 Å². The molecule has 1 rings (SSSR count). The molecule has 1 aromatic rings. The van der Waals surface area contributed by atoms with Crippen molar-refractivity contribution >= 4 is 29.3 Å². The summed E-state index contributed by atoms with van der Waals surface area (Å²) in [6.07, 6.45) is 3.84. The summed E-state index contributed by atoms with van der Waals surface area (Å²) in [6, 6.07) is 5.75. The van der Waals surface area contributed by atoms with Crippen molar-refractivity contribution in [3.63, 3.8) is 0 Å². The van der Waals surface area contributed by atoms with Gasteiger partial charge in [-0.15, -0.1) is 11.8 Å². The third-order valence-electron chi connectivity index (χ3n) is 2.74. The molecule has 1 amide bonds. The van der Waals surface area contributed by atoms with Crippen LogP contribution in [0, 0.1) is 0 Å². The van der Waals surface area contributed by atoms with Gasteiger partial charge in [0, 0.05) is 10.9 Å². The van der Waals surface area contributed by atoms with E-state index in [9.17, 15) is 4.79 Å². The Bertz CT molecular complexity index is 391. The van der Waals surface area contributed by atoms with E-state index in [0.29, 0.717) is 10.6 Å². The highest BCUT2D eigenvalue weighted by molar-refractivity contribution is 7.98. The van der Waals surface area contributed by atoms with E-state index < -0.39 is 0 Å². The molecule has 1 aromatic carbocycles. The Balaban J connectivity index is 2.87. The molecule has 0 spiro atoms. The highest BCUT2D eigenvalue weighted by Gasteiger charge is 2.14. The van der Waals surface area contributed by atoms with Gasteiger partial charge >= 0.3 is 0 Å². The first-order valence-electron chi connectivity index (χ1n) is 5.76. The summed E-state index contributed by atoms with van der Waals surface area (Å²) in [6.45, 7) is 4.13. The summed E-state index contributed by atoms with van der Waals surface area (Å²) >= 11 is 7.65. The molecule has 0 saturated heterocycles. The van der Waals surface area contributed by atoms with Crippen LogP contribution >= 0.6 is 23.4 Å². The predicted molar refractivity (Wildman–Crippen MR) is 75.1 cm³/mol. The fourth-order valence-electron chi connectivity index (χ4n) is 1.56. The van der Waals surface area contributed by atoms with Crippen LogP contribution in [0.1, 0.15) is 37.0 Å². The Labute approximate surface area is 112 Å². The molecule has 0 fully saturated rings. The number of halogens is 1. The molecule has 4 heteroatoms. The predicted octanol–water partition coefficient (Wildman–Crippen LogP) is 3.98. The van der Waals surface area contributed by atoms with Crippen LogP contribution in [0.5, 0.6) is 0 Å². The van der Waals surface area contributed by atoms with E-state index in [1.807, 2.05) is 18.4 Å². The number of hydrogen-bond donors (Lipinski definition) is 1. The summed E-state index contributed by atoms with van der Waals surface area (Å²) in [4.78, 5) is 13.1. The lowest BCUT2D eigenvalue weighted by molar-refractivity contribution is 0.0935. The van der Waals surface area contributed by atoms with Crippen molar-refractivity contribution in [3.05, 3.63) is 28.8 Å². The molecular formula is C13H18ClNOS. The monoisotopic (exact) mass is 271 g/mol. The molecule has 0 bridgehead atoms. The van der Waals surface area contributed by atoms with Crippen molar-refractivity contribution < 1.29 is 4.79 Å². The van der Waals surface area contributed by atoms with Crippen molar-refractivity contribution in [2.24, 2.45) is 0 Å². The van der Waals surface area contributed by atoms with Crippen molar-refractivity contribution in [2.45, 2.75) is 37.6 Å². The Morgan fingerprint density at radius 1 is 1.41 bits per heavy atom. The summed E-state index contributed by atoms with van der Waals surface area (Å²) in [7, 11) is 0. The number of thioether (sulfide) groups is 1. The first-order chi connectivity index (χ1) is 8.12. The first kappa shape index (κ1) is 14.4.